The molecule has 1 saturated heterocycles. The lowest BCUT2D eigenvalue weighted by Gasteiger charge is -2.32. The number of aromatic nitrogens is 3. The van der Waals surface area contributed by atoms with Gasteiger partial charge >= 0.3 is 0 Å². The number of hydrogen-bond donors (Lipinski definition) is 0. The van der Waals surface area contributed by atoms with Crippen LogP contribution in [0.1, 0.15) is 43.5 Å². The van der Waals surface area contributed by atoms with E-state index in [9.17, 15) is 4.79 Å². The van der Waals surface area contributed by atoms with E-state index in [-0.39, 0.29) is 5.91 Å². The van der Waals surface area contributed by atoms with E-state index in [1.54, 1.807) is 6.33 Å². The molecule has 5 heteroatoms. The first-order valence-corrected chi connectivity index (χ1v) is 8.47. The Labute approximate surface area is 137 Å². The minimum absolute atomic E-state index is 0.251. The van der Waals surface area contributed by atoms with Gasteiger partial charge in [-0.25, -0.2) is 0 Å². The summed E-state index contributed by atoms with van der Waals surface area (Å²) in [6.45, 7) is 4.61. The van der Waals surface area contributed by atoms with Crippen molar-refractivity contribution >= 4 is 5.91 Å². The van der Waals surface area contributed by atoms with Crippen molar-refractivity contribution in [1.29, 1.82) is 0 Å². The van der Waals surface area contributed by atoms with Gasteiger partial charge in [-0.3, -0.25) is 4.79 Å². The van der Waals surface area contributed by atoms with E-state index >= 15 is 0 Å². The number of hydrogen-bond acceptors (Lipinski definition) is 3. The van der Waals surface area contributed by atoms with Gasteiger partial charge in [0.15, 0.2) is 0 Å². The summed E-state index contributed by atoms with van der Waals surface area (Å²) in [5, 5.41) is 8.30. The number of aryl methyl sites for hydroxylation is 2. The molecule has 1 amide bonds. The Hall–Kier alpha value is -2.17. The van der Waals surface area contributed by atoms with E-state index in [1.807, 2.05) is 23.1 Å². The molecule has 0 radical (unpaired) electrons. The quantitative estimate of drug-likeness (QED) is 0.853. The molecule has 0 N–H and O–H groups in total. The van der Waals surface area contributed by atoms with E-state index in [4.69, 9.17) is 0 Å². The smallest absolute Gasteiger partial charge is 0.222 e. The lowest BCUT2D eigenvalue weighted by atomic mass is 9.96. The Bertz CT molecular complexity index is 637. The first-order valence-electron chi connectivity index (χ1n) is 8.47. The van der Waals surface area contributed by atoms with Gasteiger partial charge in [-0.2, -0.15) is 0 Å². The summed E-state index contributed by atoms with van der Waals surface area (Å²) in [6.07, 6.45) is 5.30. The second kappa shape index (κ2) is 7.40. The van der Waals surface area contributed by atoms with Crippen molar-refractivity contribution in [3.63, 3.8) is 0 Å². The van der Waals surface area contributed by atoms with Crippen molar-refractivity contribution in [2.45, 2.75) is 45.1 Å². The van der Waals surface area contributed by atoms with Crippen molar-refractivity contribution in [3.05, 3.63) is 48.0 Å². The zero-order chi connectivity index (χ0) is 16.1. The maximum Gasteiger partial charge on any atom is 0.222 e. The summed E-state index contributed by atoms with van der Waals surface area (Å²) in [6, 6.07) is 10.2. The van der Waals surface area contributed by atoms with Gasteiger partial charge in [0.05, 0.1) is 0 Å². The van der Waals surface area contributed by atoms with Crippen molar-refractivity contribution in [2.75, 3.05) is 13.1 Å². The Balaban J connectivity index is 1.58. The molecular formula is C18H24N4O. The molecule has 0 bridgehead atoms. The molecule has 1 aliphatic rings. The van der Waals surface area contributed by atoms with Crippen molar-refractivity contribution < 1.29 is 4.79 Å². The largest absolute Gasteiger partial charge is 0.342 e. The molecule has 1 atom stereocenters. The molecule has 0 saturated carbocycles. The van der Waals surface area contributed by atoms with Gasteiger partial charge in [-0.1, -0.05) is 30.3 Å². The van der Waals surface area contributed by atoms with Crippen LogP contribution in [0.5, 0.6) is 0 Å². The van der Waals surface area contributed by atoms with Gasteiger partial charge in [0.25, 0.3) is 0 Å². The van der Waals surface area contributed by atoms with Crippen molar-refractivity contribution in [1.82, 2.24) is 19.7 Å². The summed E-state index contributed by atoms with van der Waals surface area (Å²) in [7, 11) is 0. The number of piperidine rings is 1. The first kappa shape index (κ1) is 15.7. The average molecular weight is 312 g/mol. The summed E-state index contributed by atoms with van der Waals surface area (Å²) >= 11 is 0. The van der Waals surface area contributed by atoms with Crippen LogP contribution in [-0.2, 0) is 17.8 Å². The molecule has 0 spiro atoms. The normalized spacial score (nSPS) is 18.1. The molecule has 1 aromatic carbocycles. The molecular weight excluding hydrogens is 288 g/mol. The van der Waals surface area contributed by atoms with Gasteiger partial charge in [0.2, 0.25) is 5.91 Å². The number of carbonyl (C=O) groups excluding carboxylic acids is 1. The second-order valence-electron chi connectivity index (χ2n) is 6.14. The fourth-order valence-corrected chi connectivity index (χ4v) is 3.29. The maximum absolute atomic E-state index is 12.5. The van der Waals surface area contributed by atoms with Gasteiger partial charge in [-0.15, -0.1) is 10.2 Å². The molecule has 0 aliphatic carbocycles. The zero-order valence-electron chi connectivity index (χ0n) is 13.7. The highest BCUT2D eigenvalue weighted by Gasteiger charge is 2.27. The molecule has 3 rings (SSSR count). The lowest BCUT2D eigenvalue weighted by molar-refractivity contribution is -0.132. The van der Waals surface area contributed by atoms with Crippen LogP contribution in [0.3, 0.4) is 0 Å². The van der Waals surface area contributed by atoms with Gasteiger partial charge in [0.1, 0.15) is 12.2 Å². The second-order valence-corrected chi connectivity index (χ2v) is 6.14. The number of likely N-dealkylation sites (tertiary alicyclic amines) is 1. The molecule has 2 heterocycles. The van der Waals surface area contributed by atoms with Crippen LogP contribution >= 0.6 is 0 Å². The molecule has 1 aliphatic heterocycles. The van der Waals surface area contributed by atoms with Crippen LogP contribution in [0.25, 0.3) is 0 Å². The molecule has 122 valence electrons. The number of nitrogens with zero attached hydrogens (tertiary/aromatic N) is 4. The zero-order valence-corrected chi connectivity index (χ0v) is 13.7. The van der Waals surface area contributed by atoms with Crippen LogP contribution in [0, 0.1) is 0 Å². The molecule has 23 heavy (non-hydrogen) atoms. The van der Waals surface area contributed by atoms with Gasteiger partial charge in [-0.05, 0) is 31.7 Å². The monoisotopic (exact) mass is 312 g/mol. The summed E-state index contributed by atoms with van der Waals surface area (Å²) in [4.78, 5) is 14.5. The molecule has 2 aromatic rings. The number of amides is 1. The van der Waals surface area contributed by atoms with Crippen LogP contribution in [0.15, 0.2) is 36.7 Å². The third-order valence-corrected chi connectivity index (χ3v) is 4.60. The third-order valence-electron chi connectivity index (χ3n) is 4.60. The van der Waals surface area contributed by atoms with E-state index in [1.165, 1.54) is 5.56 Å². The van der Waals surface area contributed by atoms with Crippen LogP contribution in [0.2, 0.25) is 0 Å². The summed E-state index contributed by atoms with van der Waals surface area (Å²) in [5.41, 5.74) is 1.22. The Morgan fingerprint density at radius 3 is 2.91 bits per heavy atom. The molecule has 1 fully saturated rings. The van der Waals surface area contributed by atoms with Crippen LogP contribution in [0.4, 0.5) is 0 Å². The first-order chi connectivity index (χ1) is 11.3. The van der Waals surface area contributed by atoms with Gasteiger partial charge in [0, 0.05) is 32.0 Å². The standard InChI is InChI=1S/C18H24N4O/c1-2-21-14-19-20-18(21)16-9-6-12-22(13-16)17(23)11-10-15-7-4-3-5-8-15/h3-5,7-8,14,16H,2,6,9-13H2,1H3/t16-/m1/s1. The van der Waals surface area contributed by atoms with Crippen molar-refractivity contribution in [2.24, 2.45) is 0 Å². The minimum Gasteiger partial charge on any atom is -0.342 e. The van der Waals surface area contributed by atoms with E-state index in [2.05, 4.69) is 33.8 Å². The highest BCUT2D eigenvalue weighted by atomic mass is 16.2. The molecule has 1 aromatic heterocycles. The number of carbonyl (C=O) groups is 1. The predicted molar refractivity (Wildman–Crippen MR) is 89.0 cm³/mol. The Morgan fingerprint density at radius 1 is 1.30 bits per heavy atom. The minimum atomic E-state index is 0.251. The van der Waals surface area contributed by atoms with Gasteiger partial charge < -0.3 is 9.47 Å². The summed E-state index contributed by atoms with van der Waals surface area (Å²) < 4.78 is 2.09. The van der Waals surface area contributed by atoms with E-state index in [0.29, 0.717) is 12.3 Å². The number of rotatable bonds is 5. The van der Waals surface area contributed by atoms with Crippen LogP contribution in [-0.4, -0.2) is 38.7 Å². The highest BCUT2D eigenvalue weighted by molar-refractivity contribution is 5.76. The third kappa shape index (κ3) is 3.78. The van der Waals surface area contributed by atoms with Crippen molar-refractivity contribution in [3.8, 4) is 0 Å². The number of benzene rings is 1. The fraction of sp³-hybridized carbons (Fsp3) is 0.500. The Kier molecular flexibility index (Phi) is 5.05. The summed E-state index contributed by atoms with van der Waals surface area (Å²) in [5.74, 6) is 1.58. The molecule has 0 unspecified atom stereocenters. The van der Waals surface area contributed by atoms with E-state index in [0.717, 1.165) is 44.7 Å². The highest BCUT2D eigenvalue weighted by Crippen LogP contribution is 2.26. The van der Waals surface area contributed by atoms with Crippen LogP contribution < -0.4 is 0 Å². The van der Waals surface area contributed by atoms with E-state index < -0.39 is 0 Å². The topological polar surface area (TPSA) is 51.0 Å². The SMILES string of the molecule is CCn1cnnc1[C@@H]1CCCN(C(=O)CCc2ccccc2)C1. The predicted octanol–water partition coefficient (Wildman–Crippen LogP) is 2.64. The molecule has 5 nitrogen and oxygen atoms in total. The Morgan fingerprint density at radius 2 is 2.13 bits per heavy atom. The average Bonchev–Trinajstić information content (AvgIpc) is 3.09. The maximum atomic E-state index is 12.5. The lowest BCUT2D eigenvalue weighted by Crippen LogP contribution is -2.39. The fourth-order valence-electron chi connectivity index (χ4n) is 3.29.